The molecule has 7 nitrogen and oxygen atoms in total. The Bertz CT molecular complexity index is 1080. The number of aromatic nitrogens is 3. The first-order chi connectivity index (χ1) is 15.9. The number of hydrogen-bond acceptors (Lipinski definition) is 5. The number of fused-ring (bicyclic) bond motifs is 1. The highest BCUT2D eigenvalue weighted by atomic mass is 16.6. The quantitative estimate of drug-likeness (QED) is 0.354. The van der Waals surface area contributed by atoms with Crippen molar-refractivity contribution < 1.29 is 14.1 Å². The number of rotatable bonds is 8. The molecule has 1 aliphatic heterocycles. The molecule has 1 aliphatic rings. The first-order valence-electron chi connectivity index (χ1n) is 12.3. The van der Waals surface area contributed by atoms with E-state index in [0.717, 1.165) is 30.3 Å². The summed E-state index contributed by atoms with van der Waals surface area (Å²) in [6.07, 6.45) is 9.81. The predicted molar refractivity (Wildman–Crippen MR) is 129 cm³/mol. The minimum absolute atomic E-state index is 0.243. The molecule has 0 aliphatic carbocycles. The van der Waals surface area contributed by atoms with Crippen LogP contribution < -0.4 is 0 Å². The van der Waals surface area contributed by atoms with Crippen molar-refractivity contribution in [3.8, 4) is 11.4 Å². The molecule has 178 valence electrons. The first-order valence-corrected chi connectivity index (χ1v) is 12.3. The van der Waals surface area contributed by atoms with Gasteiger partial charge in [0.05, 0.1) is 0 Å². The van der Waals surface area contributed by atoms with Gasteiger partial charge in [0.25, 0.3) is 0 Å². The summed E-state index contributed by atoms with van der Waals surface area (Å²) in [4.78, 5) is 19.1. The minimum atomic E-state index is -0.539. The van der Waals surface area contributed by atoms with E-state index >= 15 is 0 Å². The van der Waals surface area contributed by atoms with Crippen LogP contribution in [0.4, 0.5) is 4.79 Å². The van der Waals surface area contributed by atoms with Crippen molar-refractivity contribution in [2.45, 2.75) is 90.8 Å². The SMILES string of the molecule is CCCCCCCn1ccc2c(-c3noc([C@@H]4CCCN4C(=O)OC(C)(C)C)n3)cccc21. The number of amides is 1. The molecule has 33 heavy (non-hydrogen) atoms. The zero-order valence-electron chi connectivity index (χ0n) is 20.3. The topological polar surface area (TPSA) is 73.4 Å². The van der Waals surface area contributed by atoms with Crippen LogP contribution in [0.2, 0.25) is 0 Å². The second-order valence-corrected chi connectivity index (χ2v) is 9.95. The molecule has 1 atom stereocenters. The summed E-state index contributed by atoms with van der Waals surface area (Å²) in [6, 6.07) is 8.11. The lowest BCUT2D eigenvalue weighted by atomic mass is 10.1. The van der Waals surface area contributed by atoms with Crippen LogP contribution in [0.15, 0.2) is 35.0 Å². The highest BCUT2D eigenvalue weighted by molar-refractivity contribution is 5.93. The van der Waals surface area contributed by atoms with Crippen LogP contribution in [0.1, 0.15) is 84.6 Å². The zero-order valence-corrected chi connectivity index (χ0v) is 20.3. The third-order valence-corrected chi connectivity index (χ3v) is 6.16. The average molecular weight is 453 g/mol. The molecule has 1 saturated heterocycles. The van der Waals surface area contributed by atoms with Crippen molar-refractivity contribution in [3.63, 3.8) is 0 Å². The second kappa shape index (κ2) is 9.98. The van der Waals surface area contributed by atoms with Crippen molar-refractivity contribution in [1.29, 1.82) is 0 Å². The summed E-state index contributed by atoms with van der Waals surface area (Å²) in [7, 11) is 0. The van der Waals surface area contributed by atoms with Crippen LogP contribution in [-0.4, -0.2) is 37.8 Å². The Morgan fingerprint density at radius 1 is 1.18 bits per heavy atom. The number of aryl methyl sites for hydroxylation is 1. The monoisotopic (exact) mass is 452 g/mol. The van der Waals surface area contributed by atoms with Gasteiger partial charge in [0.15, 0.2) is 0 Å². The number of ether oxygens (including phenoxy) is 1. The highest BCUT2D eigenvalue weighted by Crippen LogP contribution is 2.34. The van der Waals surface area contributed by atoms with E-state index in [-0.39, 0.29) is 12.1 Å². The fourth-order valence-corrected chi connectivity index (χ4v) is 4.54. The molecule has 0 saturated carbocycles. The van der Waals surface area contributed by atoms with Crippen molar-refractivity contribution in [2.24, 2.45) is 0 Å². The smallest absolute Gasteiger partial charge is 0.410 e. The Balaban J connectivity index is 1.51. The van der Waals surface area contributed by atoms with Gasteiger partial charge in [-0.2, -0.15) is 4.98 Å². The number of hydrogen-bond donors (Lipinski definition) is 0. The number of carbonyl (C=O) groups is 1. The second-order valence-electron chi connectivity index (χ2n) is 9.95. The van der Waals surface area contributed by atoms with E-state index < -0.39 is 5.60 Å². The molecule has 0 bridgehead atoms. The maximum atomic E-state index is 12.7. The van der Waals surface area contributed by atoms with Crippen LogP contribution >= 0.6 is 0 Å². The van der Waals surface area contributed by atoms with Gasteiger partial charge in [0.2, 0.25) is 11.7 Å². The van der Waals surface area contributed by atoms with Crippen molar-refractivity contribution in [2.75, 3.05) is 6.54 Å². The lowest BCUT2D eigenvalue weighted by Crippen LogP contribution is -2.36. The molecule has 1 aromatic carbocycles. The Morgan fingerprint density at radius 2 is 2.00 bits per heavy atom. The maximum absolute atomic E-state index is 12.7. The van der Waals surface area contributed by atoms with E-state index in [4.69, 9.17) is 14.2 Å². The number of unbranched alkanes of at least 4 members (excludes halogenated alkanes) is 4. The standard InChI is InChI=1S/C26H36N4O3/c1-5-6-7-8-9-16-29-18-15-19-20(12-10-13-21(19)29)23-27-24(33-28-23)22-14-11-17-30(22)25(31)32-26(2,3)4/h10,12-13,15,18,22H,5-9,11,14,16-17H2,1-4H3/t22-/m0/s1. The molecule has 3 aromatic rings. The van der Waals surface area contributed by atoms with E-state index in [1.54, 1.807) is 4.90 Å². The van der Waals surface area contributed by atoms with Gasteiger partial charge >= 0.3 is 6.09 Å². The Morgan fingerprint density at radius 3 is 2.79 bits per heavy atom. The normalized spacial score (nSPS) is 16.6. The number of benzene rings is 1. The van der Waals surface area contributed by atoms with Gasteiger partial charge in [-0.05, 0) is 52.2 Å². The van der Waals surface area contributed by atoms with Crippen molar-refractivity contribution in [3.05, 3.63) is 36.4 Å². The molecule has 0 radical (unpaired) electrons. The molecule has 0 N–H and O–H groups in total. The first kappa shape index (κ1) is 23.3. The molecule has 2 aromatic heterocycles. The van der Waals surface area contributed by atoms with Crippen molar-refractivity contribution in [1.82, 2.24) is 19.6 Å². The Hall–Kier alpha value is -2.83. The summed E-state index contributed by atoms with van der Waals surface area (Å²) in [5, 5.41) is 5.40. The molecule has 4 rings (SSSR count). The molecule has 0 unspecified atom stereocenters. The fourth-order valence-electron chi connectivity index (χ4n) is 4.54. The van der Waals surface area contributed by atoms with Gasteiger partial charge in [-0.1, -0.05) is 49.9 Å². The van der Waals surface area contributed by atoms with Gasteiger partial charge in [-0.3, -0.25) is 4.90 Å². The van der Waals surface area contributed by atoms with Crippen LogP contribution in [0, 0.1) is 0 Å². The third-order valence-electron chi connectivity index (χ3n) is 6.16. The summed E-state index contributed by atoms with van der Waals surface area (Å²) in [5.74, 6) is 1.04. The van der Waals surface area contributed by atoms with E-state index in [1.165, 1.54) is 37.6 Å². The number of likely N-dealkylation sites (tertiary alicyclic amines) is 1. The number of nitrogens with zero attached hydrogens (tertiary/aromatic N) is 4. The van der Waals surface area contributed by atoms with Crippen LogP contribution in [0.25, 0.3) is 22.3 Å². The molecule has 7 heteroatoms. The van der Waals surface area contributed by atoms with E-state index in [1.807, 2.05) is 32.9 Å². The van der Waals surface area contributed by atoms with Gasteiger partial charge < -0.3 is 13.8 Å². The maximum Gasteiger partial charge on any atom is 0.410 e. The van der Waals surface area contributed by atoms with Crippen molar-refractivity contribution >= 4 is 17.0 Å². The Labute approximate surface area is 196 Å². The summed E-state index contributed by atoms with van der Waals surface area (Å²) < 4.78 is 13.5. The molecular formula is C26H36N4O3. The molecular weight excluding hydrogens is 416 g/mol. The van der Waals surface area contributed by atoms with Crippen LogP contribution in [-0.2, 0) is 11.3 Å². The molecule has 3 heterocycles. The molecule has 0 spiro atoms. The largest absolute Gasteiger partial charge is 0.444 e. The predicted octanol–water partition coefficient (Wildman–Crippen LogP) is 6.73. The summed E-state index contributed by atoms with van der Waals surface area (Å²) >= 11 is 0. The zero-order chi connectivity index (χ0) is 23.4. The third kappa shape index (κ3) is 5.40. The van der Waals surface area contributed by atoms with Gasteiger partial charge in [-0.15, -0.1) is 0 Å². The van der Waals surface area contributed by atoms with E-state index in [2.05, 4.69) is 35.0 Å². The minimum Gasteiger partial charge on any atom is -0.444 e. The van der Waals surface area contributed by atoms with Gasteiger partial charge in [0, 0.05) is 35.8 Å². The summed E-state index contributed by atoms with van der Waals surface area (Å²) in [6.45, 7) is 9.51. The summed E-state index contributed by atoms with van der Waals surface area (Å²) in [5.41, 5.74) is 1.60. The highest BCUT2D eigenvalue weighted by Gasteiger charge is 2.36. The van der Waals surface area contributed by atoms with Gasteiger partial charge in [0.1, 0.15) is 11.6 Å². The number of carbonyl (C=O) groups excluding carboxylic acids is 1. The van der Waals surface area contributed by atoms with E-state index in [0.29, 0.717) is 18.3 Å². The molecule has 1 amide bonds. The molecule has 1 fully saturated rings. The van der Waals surface area contributed by atoms with E-state index in [9.17, 15) is 4.79 Å². The fraction of sp³-hybridized carbons (Fsp3) is 0.577. The lowest BCUT2D eigenvalue weighted by Gasteiger charge is -2.26. The lowest BCUT2D eigenvalue weighted by molar-refractivity contribution is 0.0199. The van der Waals surface area contributed by atoms with Crippen LogP contribution in [0.5, 0.6) is 0 Å². The van der Waals surface area contributed by atoms with Gasteiger partial charge in [-0.25, -0.2) is 4.79 Å². The van der Waals surface area contributed by atoms with Crippen LogP contribution in [0.3, 0.4) is 0 Å². The average Bonchev–Trinajstić information content (AvgIpc) is 3.51. The Kier molecular flexibility index (Phi) is 7.05.